The Hall–Kier alpha value is -4.07. The smallest absolute Gasteiger partial charge is 0.287 e. The van der Waals surface area contributed by atoms with Crippen molar-refractivity contribution in [3.8, 4) is 23.1 Å². The standard InChI is InChI=1S/C22H20N4O4/c1-28-17-11-9-16(10-12-17)14-23-22-24-21(19-8-5-13-29-19)25-26(22)20(27)15-30-18-6-3-2-4-7-18/h2-13H,14-15H2,1H3,(H,23,24,25). The fourth-order valence-corrected chi connectivity index (χ4v) is 2.76. The second-order valence-electron chi connectivity index (χ2n) is 6.35. The monoisotopic (exact) mass is 404 g/mol. The second kappa shape index (κ2) is 8.95. The molecule has 4 rings (SSSR count). The van der Waals surface area contributed by atoms with Gasteiger partial charge in [0.1, 0.15) is 11.5 Å². The van der Waals surface area contributed by atoms with Crippen LogP contribution in [0.5, 0.6) is 11.5 Å². The van der Waals surface area contributed by atoms with Gasteiger partial charge in [0.05, 0.1) is 13.4 Å². The van der Waals surface area contributed by atoms with E-state index in [2.05, 4.69) is 15.4 Å². The van der Waals surface area contributed by atoms with Crippen molar-refractivity contribution in [2.45, 2.75) is 6.54 Å². The number of benzene rings is 2. The summed E-state index contributed by atoms with van der Waals surface area (Å²) in [4.78, 5) is 17.2. The molecule has 0 saturated carbocycles. The Bertz CT molecular complexity index is 1090. The lowest BCUT2D eigenvalue weighted by Crippen LogP contribution is -2.22. The van der Waals surface area contributed by atoms with Crippen LogP contribution in [-0.2, 0) is 6.54 Å². The number of ether oxygens (including phenoxy) is 2. The number of hydrogen-bond acceptors (Lipinski definition) is 7. The lowest BCUT2D eigenvalue weighted by atomic mass is 10.2. The molecule has 0 radical (unpaired) electrons. The van der Waals surface area contributed by atoms with Crippen LogP contribution < -0.4 is 14.8 Å². The minimum absolute atomic E-state index is 0.178. The van der Waals surface area contributed by atoms with Crippen molar-refractivity contribution < 1.29 is 18.7 Å². The fraction of sp³-hybridized carbons (Fsp3) is 0.136. The third-order valence-electron chi connectivity index (χ3n) is 4.30. The number of carbonyl (C=O) groups is 1. The molecular formula is C22H20N4O4. The molecule has 0 aliphatic heterocycles. The Labute approximate surface area is 173 Å². The van der Waals surface area contributed by atoms with Gasteiger partial charge in [0.15, 0.2) is 12.4 Å². The van der Waals surface area contributed by atoms with E-state index in [0.29, 0.717) is 29.8 Å². The Balaban J connectivity index is 1.52. The highest BCUT2D eigenvalue weighted by atomic mass is 16.5. The van der Waals surface area contributed by atoms with Crippen molar-refractivity contribution in [2.75, 3.05) is 19.0 Å². The fourth-order valence-electron chi connectivity index (χ4n) is 2.76. The highest BCUT2D eigenvalue weighted by Crippen LogP contribution is 2.19. The summed E-state index contributed by atoms with van der Waals surface area (Å²) < 4.78 is 17.3. The number of methoxy groups -OCH3 is 1. The van der Waals surface area contributed by atoms with Crippen molar-refractivity contribution in [3.05, 3.63) is 78.6 Å². The van der Waals surface area contributed by atoms with Gasteiger partial charge in [-0.05, 0) is 42.0 Å². The first-order valence-corrected chi connectivity index (χ1v) is 9.32. The summed E-state index contributed by atoms with van der Waals surface area (Å²) in [6.45, 7) is 0.273. The van der Waals surface area contributed by atoms with Crippen LogP contribution in [0.25, 0.3) is 11.6 Å². The van der Waals surface area contributed by atoms with E-state index in [-0.39, 0.29) is 12.5 Å². The number of nitrogens with zero attached hydrogens (tertiary/aromatic N) is 3. The van der Waals surface area contributed by atoms with E-state index in [1.54, 1.807) is 31.4 Å². The number of hydrogen-bond donors (Lipinski definition) is 1. The Morgan fingerprint density at radius 1 is 1.03 bits per heavy atom. The van der Waals surface area contributed by atoms with Crippen LogP contribution in [0.4, 0.5) is 5.95 Å². The van der Waals surface area contributed by atoms with Crippen molar-refractivity contribution in [2.24, 2.45) is 0 Å². The van der Waals surface area contributed by atoms with Crippen molar-refractivity contribution in [1.29, 1.82) is 0 Å². The lowest BCUT2D eigenvalue weighted by Gasteiger charge is -2.09. The maximum atomic E-state index is 12.8. The van der Waals surface area contributed by atoms with Crippen LogP contribution in [0.1, 0.15) is 10.4 Å². The molecule has 0 atom stereocenters. The summed E-state index contributed by atoms with van der Waals surface area (Å²) in [6.07, 6.45) is 1.53. The molecule has 0 bridgehead atoms. The van der Waals surface area contributed by atoms with Crippen molar-refractivity contribution in [1.82, 2.24) is 14.8 Å². The zero-order chi connectivity index (χ0) is 20.8. The molecule has 0 unspecified atom stereocenters. The Kier molecular flexibility index (Phi) is 5.75. The van der Waals surface area contributed by atoms with E-state index >= 15 is 0 Å². The molecule has 2 heterocycles. The van der Waals surface area contributed by atoms with E-state index in [4.69, 9.17) is 13.9 Å². The topological polar surface area (TPSA) is 91.4 Å². The molecule has 2 aromatic carbocycles. The zero-order valence-corrected chi connectivity index (χ0v) is 16.3. The maximum Gasteiger partial charge on any atom is 0.287 e. The van der Waals surface area contributed by atoms with E-state index in [1.165, 1.54) is 10.9 Å². The van der Waals surface area contributed by atoms with Gasteiger partial charge in [-0.1, -0.05) is 30.3 Å². The molecule has 8 heteroatoms. The average Bonchev–Trinajstić information content (AvgIpc) is 3.47. The SMILES string of the molecule is COc1ccc(CNc2nc(-c3ccco3)nn2C(=O)COc2ccccc2)cc1. The molecule has 30 heavy (non-hydrogen) atoms. The highest BCUT2D eigenvalue weighted by molar-refractivity contribution is 5.82. The van der Waals surface area contributed by atoms with Gasteiger partial charge in [-0.2, -0.15) is 9.67 Å². The van der Waals surface area contributed by atoms with Crippen LogP contribution in [0.2, 0.25) is 0 Å². The number of para-hydroxylation sites is 1. The van der Waals surface area contributed by atoms with Crippen molar-refractivity contribution >= 4 is 11.9 Å². The first kappa shape index (κ1) is 19.3. The number of aromatic nitrogens is 3. The van der Waals surface area contributed by atoms with Crippen LogP contribution in [0.15, 0.2) is 77.4 Å². The molecule has 2 aromatic heterocycles. The van der Waals surface area contributed by atoms with Crippen LogP contribution >= 0.6 is 0 Å². The highest BCUT2D eigenvalue weighted by Gasteiger charge is 2.19. The van der Waals surface area contributed by atoms with Gasteiger partial charge in [-0.15, -0.1) is 5.10 Å². The van der Waals surface area contributed by atoms with Gasteiger partial charge in [-0.25, -0.2) is 0 Å². The summed E-state index contributed by atoms with van der Waals surface area (Å²) in [6, 6.07) is 20.2. The molecule has 4 aromatic rings. The zero-order valence-electron chi connectivity index (χ0n) is 16.3. The van der Waals surface area contributed by atoms with Gasteiger partial charge >= 0.3 is 0 Å². The minimum Gasteiger partial charge on any atom is -0.497 e. The summed E-state index contributed by atoms with van der Waals surface area (Å²) in [5, 5.41) is 7.46. The van der Waals surface area contributed by atoms with Crippen LogP contribution in [-0.4, -0.2) is 34.4 Å². The molecule has 0 saturated heterocycles. The number of carbonyl (C=O) groups excluding carboxylic acids is 1. The normalized spacial score (nSPS) is 10.6. The predicted octanol–water partition coefficient (Wildman–Crippen LogP) is 3.88. The molecule has 0 aliphatic carbocycles. The molecule has 152 valence electrons. The van der Waals surface area contributed by atoms with E-state index in [1.807, 2.05) is 42.5 Å². The van der Waals surface area contributed by atoms with Gasteiger partial charge < -0.3 is 19.2 Å². The molecule has 0 amide bonds. The van der Waals surface area contributed by atoms with Crippen LogP contribution in [0.3, 0.4) is 0 Å². The molecule has 8 nitrogen and oxygen atoms in total. The summed E-state index contributed by atoms with van der Waals surface area (Å²) >= 11 is 0. The van der Waals surface area contributed by atoms with Gasteiger partial charge in [0.2, 0.25) is 11.8 Å². The summed E-state index contributed by atoms with van der Waals surface area (Å²) in [7, 11) is 1.62. The number of furan rings is 1. The summed E-state index contributed by atoms with van der Waals surface area (Å²) in [5.74, 6) is 2.10. The molecule has 0 aliphatic rings. The maximum absolute atomic E-state index is 12.8. The summed E-state index contributed by atoms with van der Waals surface area (Å²) in [5.41, 5.74) is 0.998. The first-order chi connectivity index (χ1) is 14.7. The van der Waals surface area contributed by atoms with E-state index in [9.17, 15) is 4.79 Å². The quantitative estimate of drug-likeness (QED) is 0.476. The van der Waals surface area contributed by atoms with E-state index in [0.717, 1.165) is 11.3 Å². The third kappa shape index (κ3) is 4.49. The largest absolute Gasteiger partial charge is 0.497 e. The second-order valence-corrected chi connectivity index (χ2v) is 6.35. The molecule has 0 fully saturated rings. The predicted molar refractivity (Wildman–Crippen MR) is 111 cm³/mol. The Morgan fingerprint density at radius 3 is 2.53 bits per heavy atom. The molecule has 0 spiro atoms. The molecule has 1 N–H and O–H groups in total. The minimum atomic E-state index is -0.360. The Morgan fingerprint density at radius 2 is 1.83 bits per heavy atom. The average molecular weight is 404 g/mol. The number of rotatable bonds is 8. The number of nitrogens with one attached hydrogen (secondary N) is 1. The van der Waals surface area contributed by atoms with Crippen LogP contribution in [0, 0.1) is 0 Å². The number of anilines is 1. The van der Waals surface area contributed by atoms with E-state index < -0.39 is 0 Å². The van der Waals surface area contributed by atoms with Gasteiger partial charge in [-0.3, -0.25) is 4.79 Å². The van der Waals surface area contributed by atoms with Crippen molar-refractivity contribution in [3.63, 3.8) is 0 Å². The third-order valence-corrected chi connectivity index (χ3v) is 4.30. The van der Waals surface area contributed by atoms with Gasteiger partial charge in [0.25, 0.3) is 5.91 Å². The van der Waals surface area contributed by atoms with Gasteiger partial charge in [0, 0.05) is 6.54 Å². The lowest BCUT2D eigenvalue weighted by molar-refractivity contribution is 0.0824. The first-order valence-electron chi connectivity index (χ1n) is 9.32. The molecular weight excluding hydrogens is 384 g/mol.